The van der Waals surface area contributed by atoms with Crippen LogP contribution in [0.15, 0.2) is 35.5 Å². The molecule has 0 amide bonds. The number of rotatable bonds is 4. The third-order valence-electron chi connectivity index (χ3n) is 5.60. The first-order chi connectivity index (χ1) is 12.2. The van der Waals surface area contributed by atoms with E-state index in [1.165, 1.54) is 29.5 Å². The summed E-state index contributed by atoms with van der Waals surface area (Å²) in [5, 5.41) is 1.24. The quantitative estimate of drug-likeness (QED) is 0.719. The zero-order chi connectivity index (χ0) is 17.0. The van der Waals surface area contributed by atoms with E-state index >= 15 is 0 Å². The van der Waals surface area contributed by atoms with E-state index in [-0.39, 0.29) is 0 Å². The Morgan fingerprint density at radius 1 is 1.32 bits per heavy atom. The average Bonchev–Trinajstić information content (AvgIpc) is 3.09. The van der Waals surface area contributed by atoms with Crippen LogP contribution < -0.4 is 5.73 Å². The fraction of sp³-hybridized carbons (Fsp3) is 0.350. The van der Waals surface area contributed by atoms with E-state index < -0.39 is 0 Å². The number of hydrogen-bond donors (Lipinski definition) is 1. The Hall–Kier alpha value is -2.27. The summed E-state index contributed by atoms with van der Waals surface area (Å²) < 4.78 is 0. The minimum atomic E-state index is 0.493. The summed E-state index contributed by atoms with van der Waals surface area (Å²) in [5.74, 6) is 3.53. The first kappa shape index (κ1) is 15.0. The number of pyridine rings is 2. The Balaban J connectivity index is 1.46. The molecule has 3 unspecified atom stereocenters. The maximum Gasteiger partial charge on any atom is 0.132 e. The molecule has 2 N–H and O–H groups in total. The number of anilines is 1. The van der Waals surface area contributed by atoms with Crippen molar-refractivity contribution in [3.8, 4) is 11.3 Å². The Kier molecular flexibility index (Phi) is 3.38. The minimum absolute atomic E-state index is 0.493. The third-order valence-corrected chi connectivity index (χ3v) is 6.67. The van der Waals surface area contributed by atoms with Crippen LogP contribution in [0.4, 0.5) is 5.82 Å². The highest BCUT2D eigenvalue weighted by Crippen LogP contribution is 2.60. The van der Waals surface area contributed by atoms with E-state index in [9.17, 15) is 0 Å². The minimum Gasteiger partial charge on any atom is -0.383 e. The van der Waals surface area contributed by atoms with Crippen molar-refractivity contribution in [2.75, 3.05) is 12.8 Å². The Morgan fingerprint density at radius 3 is 3.00 bits per heavy atom. The van der Waals surface area contributed by atoms with E-state index in [1.807, 2.05) is 17.4 Å². The summed E-state index contributed by atoms with van der Waals surface area (Å²) in [7, 11) is 1.73. The van der Waals surface area contributed by atoms with Crippen molar-refractivity contribution in [2.45, 2.75) is 19.3 Å². The van der Waals surface area contributed by atoms with Crippen molar-refractivity contribution >= 4 is 33.6 Å². The lowest BCUT2D eigenvalue weighted by Gasteiger charge is -2.23. The number of aliphatic imine (C=N–C) groups is 1. The topological polar surface area (TPSA) is 64.2 Å². The zero-order valence-corrected chi connectivity index (χ0v) is 15.0. The lowest BCUT2D eigenvalue weighted by Crippen LogP contribution is -2.17. The molecule has 0 aliphatic heterocycles. The van der Waals surface area contributed by atoms with Crippen molar-refractivity contribution in [3.63, 3.8) is 0 Å². The van der Waals surface area contributed by atoms with Gasteiger partial charge in [-0.15, -0.1) is 11.3 Å². The van der Waals surface area contributed by atoms with Crippen LogP contribution in [0.5, 0.6) is 0 Å². The van der Waals surface area contributed by atoms with Gasteiger partial charge >= 0.3 is 0 Å². The molecule has 2 aliphatic carbocycles. The first-order valence-electron chi connectivity index (χ1n) is 8.79. The Bertz CT molecular complexity index is 991. The normalized spacial score (nSPS) is 24.4. The maximum absolute atomic E-state index is 5.91. The molecular formula is C20H20N4S. The third kappa shape index (κ3) is 2.63. The van der Waals surface area contributed by atoms with Gasteiger partial charge in [-0.05, 0) is 61.3 Å². The number of hydrogen-bond acceptors (Lipinski definition) is 5. The van der Waals surface area contributed by atoms with Gasteiger partial charge in [0, 0.05) is 40.8 Å². The predicted molar refractivity (Wildman–Crippen MR) is 104 cm³/mol. The molecule has 5 heteroatoms. The summed E-state index contributed by atoms with van der Waals surface area (Å²) in [6, 6.07) is 8.56. The molecule has 3 atom stereocenters. The summed E-state index contributed by atoms with van der Waals surface area (Å²) in [6.45, 7) is 0. The number of thiophene rings is 1. The van der Waals surface area contributed by atoms with Crippen LogP contribution in [-0.4, -0.2) is 23.2 Å². The fourth-order valence-corrected chi connectivity index (χ4v) is 5.21. The Labute approximate surface area is 150 Å². The number of aromatic nitrogens is 2. The van der Waals surface area contributed by atoms with Gasteiger partial charge in [-0.1, -0.05) is 0 Å². The second-order valence-corrected chi connectivity index (χ2v) is 8.36. The number of nitrogen functional groups attached to an aromatic ring is 1. The molecule has 4 nitrogen and oxygen atoms in total. The van der Waals surface area contributed by atoms with Crippen LogP contribution in [0.3, 0.4) is 0 Å². The van der Waals surface area contributed by atoms with E-state index in [2.05, 4.69) is 28.2 Å². The van der Waals surface area contributed by atoms with E-state index in [4.69, 9.17) is 10.7 Å². The number of fused-ring (bicyclic) bond motifs is 2. The second-order valence-electron chi connectivity index (χ2n) is 7.25. The zero-order valence-electron chi connectivity index (χ0n) is 14.1. The SMILES string of the molecule is CN=Cc1cc(-c2ccc3cc(CC4CC5CC45)sc3n2)cnc1N. The fourth-order valence-electron chi connectivity index (χ4n) is 4.09. The Morgan fingerprint density at radius 2 is 2.24 bits per heavy atom. The van der Waals surface area contributed by atoms with E-state index in [0.717, 1.165) is 39.4 Å². The van der Waals surface area contributed by atoms with Crippen LogP contribution in [0.1, 0.15) is 23.3 Å². The maximum atomic E-state index is 5.91. The van der Waals surface area contributed by atoms with E-state index in [0.29, 0.717) is 5.82 Å². The first-order valence-corrected chi connectivity index (χ1v) is 9.60. The molecule has 0 bridgehead atoms. The van der Waals surface area contributed by atoms with Crippen molar-refractivity contribution in [3.05, 3.63) is 40.9 Å². The monoisotopic (exact) mass is 348 g/mol. The van der Waals surface area contributed by atoms with Gasteiger partial charge in [-0.3, -0.25) is 4.99 Å². The molecule has 0 radical (unpaired) electrons. The van der Waals surface area contributed by atoms with Gasteiger partial charge in [0.2, 0.25) is 0 Å². The van der Waals surface area contributed by atoms with Crippen molar-refractivity contribution in [2.24, 2.45) is 22.7 Å². The lowest BCUT2D eigenvalue weighted by atomic mass is 9.82. The van der Waals surface area contributed by atoms with Gasteiger partial charge < -0.3 is 5.73 Å². The van der Waals surface area contributed by atoms with Crippen LogP contribution in [0.25, 0.3) is 21.5 Å². The van der Waals surface area contributed by atoms with Gasteiger partial charge in [0.15, 0.2) is 0 Å². The molecule has 3 aromatic rings. The van der Waals surface area contributed by atoms with Gasteiger partial charge in [-0.25, -0.2) is 9.97 Å². The molecule has 5 rings (SSSR count). The molecule has 2 aliphatic rings. The average molecular weight is 348 g/mol. The predicted octanol–water partition coefficient (Wildman–Crippen LogP) is 4.19. The van der Waals surface area contributed by atoms with Crippen LogP contribution in [-0.2, 0) is 6.42 Å². The van der Waals surface area contributed by atoms with Crippen LogP contribution in [0, 0.1) is 17.8 Å². The lowest BCUT2D eigenvalue weighted by molar-refractivity contribution is 0.289. The van der Waals surface area contributed by atoms with Gasteiger partial charge in [0.1, 0.15) is 10.6 Å². The van der Waals surface area contributed by atoms with Gasteiger partial charge in [0.25, 0.3) is 0 Å². The molecule has 3 heterocycles. The summed E-state index contributed by atoms with van der Waals surface area (Å²) in [6.07, 6.45) is 7.67. The number of nitrogens with zero attached hydrogens (tertiary/aromatic N) is 3. The van der Waals surface area contributed by atoms with Crippen LogP contribution in [0.2, 0.25) is 0 Å². The molecule has 0 spiro atoms. The van der Waals surface area contributed by atoms with Crippen molar-refractivity contribution in [1.29, 1.82) is 0 Å². The summed E-state index contributed by atoms with van der Waals surface area (Å²) in [4.78, 5) is 15.8. The number of nitrogens with two attached hydrogens (primary N) is 1. The second kappa shape index (κ2) is 5.63. The summed E-state index contributed by atoms with van der Waals surface area (Å²) >= 11 is 1.84. The van der Waals surface area contributed by atoms with Gasteiger partial charge in [-0.2, -0.15) is 0 Å². The standard InChI is InChI=1S/C20H20N4S/c1-22-9-15-5-14(10-23-19(15)21)18-3-2-11-6-16(25-20(11)24-18)7-12-4-13-8-17(12)13/h2-3,5-6,9-10,12-13,17H,4,7-8H2,1H3,(H2,21,23). The molecule has 126 valence electrons. The molecule has 0 aromatic carbocycles. The highest BCUT2D eigenvalue weighted by atomic mass is 32.1. The molecule has 2 saturated carbocycles. The van der Waals surface area contributed by atoms with Crippen LogP contribution >= 0.6 is 11.3 Å². The molecule has 25 heavy (non-hydrogen) atoms. The molecule has 3 aromatic heterocycles. The summed E-state index contributed by atoms with van der Waals surface area (Å²) in [5.41, 5.74) is 8.65. The van der Waals surface area contributed by atoms with Crippen molar-refractivity contribution < 1.29 is 0 Å². The highest BCUT2D eigenvalue weighted by molar-refractivity contribution is 7.18. The van der Waals surface area contributed by atoms with Gasteiger partial charge in [0.05, 0.1) is 5.69 Å². The van der Waals surface area contributed by atoms with Crippen molar-refractivity contribution in [1.82, 2.24) is 9.97 Å². The molecular weight excluding hydrogens is 328 g/mol. The molecule has 0 saturated heterocycles. The van der Waals surface area contributed by atoms with E-state index in [1.54, 1.807) is 19.5 Å². The smallest absolute Gasteiger partial charge is 0.132 e. The largest absolute Gasteiger partial charge is 0.383 e. The molecule has 2 fully saturated rings. The highest BCUT2D eigenvalue weighted by Gasteiger charge is 2.52.